The number of halogens is 3. The van der Waals surface area contributed by atoms with Crippen LogP contribution in [0.1, 0.15) is 117 Å². The summed E-state index contributed by atoms with van der Waals surface area (Å²) < 4.78 is 42.5. The van der Waals surface area contributed by atoms with Crippen LogP contribution in [0.25, 0.3) is 0 Å². The van der Waals surface area contributed by atoms with E-state index in [1.807, 2.05) is 0 Å². The van der Waals surface area contributed by atoms with E-state index in [0.717, 1.165) is 63.3 Å². The van der Waals surface area contributed by atoms with E-state index >= 15 is 0 Å². The van der Waals surface area contributed by atoms with Crippen LogP contribution in [0.5, 0.6) is 0 Å². The van der Waals surface area contributed by atoms with Crippen LogP contribution in [0.2, 0.25) is 0 Å². The molecule has 5 atom stereocenters. The van der Waals surface area contributed by atoms with E-state index in [2.05, 4.69) is 65.9 Å². The molecule has 1 aromatic rings. The van der Waals surface area contributed by atoms with E-state index in [1.54, 1.807) is 0 Å². The van der Waals surface area contributed by atoms with Crippen LogP contribution in [0, 0.1) is 23.7 Å². The van der Waals surface area contributed by atoms with Crippen molar-refractivity contribution >= 4 is 29.4 Å². The van der Waals surface area contributed by atoms with Crippen molar-refractivity contribution in [1.29, 1.82) is 0 Å². The summed E-state index contributed by atoms with van der Waals surface area (Å²) >= 11 is 0. The average Bonchev–Trinajstić information content (AvgIpc) is 3.66. The Balaban J connectivity index is 0.000000959. The van der Waals surface area contributed by atoms with Gasteiger partial charge in [-0.05, 0) is 62.2 Å². The molecule has 4 fully saturated rings. The first-order valence-electron chi connectivity index (χ1n) is 18.9. The van der Waals surface area contributed by atoms with E-state index in [4.69, 9.17) is 0 Å². The second-order valence-corrected chi connectivity index (χ2v) is 15.0. The van der Waals surface area contributed by atoms with E-state index < -0.39 is 66.8 Å². The number of alkyl halides is 3. The summed E-state index contributed by atoms with van der Waals surface area (Å²) in [5.74, 6) is -2.96. The van der Waals surface area contributed by atoms with Gasteiger partial charge in [-0.3, -0.25) is 39.3 Å². The van der Waals surface area contributed by atoms with Gasteiger partial charge >= 0.3 is 6.18 Å². The summed E-state index contributed by atoms with van der Waals surface area (Å²) in [5, 5.41) is 10.1. The van der Waals surface area contributed by atoms with Crippen molar-refractivity contribution < 1.29 is 37.1 Å². The summed E-state index contributed by atoms with van der Waals surface area (Å²) in [4.78, 5) is 73.4. The van der Waals surface area contributed by atoms with Gasteiger partial charge in [0.2, 0.25) is 23.5 Å². The molecule has 4 aliphatic rings. The summed E-state index contributed by atoms with van der Waals surface area (Å²) in [6.07, 6.45) is 7.54. The molecule has 12 nitrogen and oxygen atoms in total. The zero-order chi connectivity index (χ0) is 38.4. The molecular weight excluding hydrogens is 679 g/mol. The molecular formula is C37H58F3N7O5. The largest absolute Gasteiger partial charge is 0.409 e. The summed E-state index contributed by atoms with van der Waals surface area (Å²) in [6, 6.07) is -4.36. The fourth-order valence-corrected chi connectivity index (χ4v) is 7.00. The van der Waals surface area contributed by atoms with E-state index in [0.29, 0.717) is 25.8 Å². The van der Waals surface area contributed by atoms with Gasteiger partial charge in [0.05, 0.1) is 31.0 Å². The maximum atomic E-state index is 14.2. The first kappa shape index (κ1) is 42.8. The van der Waals surface area contributed by atoms with Gasteiger partial charge in [0.1, 0.15) is 12.1 Å². The molecule has 2 heterocycles. The highest BCUT2D eigenvalue weighted by molar-refractivity contribution is 6.37. The minimum Gasteiger partial charge on any atom is -0.347 e. The number of ketones is 1. The molecule has 52 heavy (non-hydrogen) atoms. The first-order chi connectivity index (χ1) is 24.7. The van der Waals surface area contributed by atoms with Crippen molar-refractivity contribution in [1.82, 2.24) is 36.1 Å². The van der Waals surface area contributed by atoms with E-state index in [-0.39, 0.29) is 29.5 Å². The number of rotatable bonds is 12. The maximum Gasteiger partial charge on any atom is 0.409 e. The average molecular weight is 738 g/mol. The lowest BCUT2D eigenvalue weighted by molar-refractivity contribution is -0.163. The first-order valence-corrected chi connectivity index (χ1v) is 18.9. The second-order valence-electron chi connectivity index (χ2n) is 15.0. The molecule has 0 aromatic carbocycles. The van der Waals surface area contributed by atoms with Gasteiger partial charge in [0, 0.05) is 25.0 Å². The Morgan fingerprint density at radius 2 is 1.54 bits per heavy atom. The topological polar surface area (TPSA) is 162 Å². The van der Waals surface area contributed by atoms with Crippen LogP contribution in [0.15, 0.2) is 18.6 Å². The van der Waals surface area contributed by atoms with Crippen LogP contribution in [-0.2, 0) is 24.0 Å². The van der Waals surface area contributed by atoms with Gasteiger partial charge in [-0.15, -0.1) is 0 Å². The fourth-order valence-electron chi connectivity index (χ4n) is 7.00. The number of carbonyl (C=O) groups excluding carboxylic acids is 5. The molecule has 0 bridgehead atoms. The zero-order valence-electron chi connectivity index (χ0n) is 31.3. The van der Waals surface area contributed by atoms with Crippen LogP contribution >= 0.6 is 0 Å². The Kier molecular flexibility index (Phi) is 16.9. The lowest BCUT2D eigenvalue weighted by Gasteiger charge is -2.34. The number of aromatic nitrogens is 2. The number of hydrogen-bond acceptors (Lipinski definition) is 8. The Hall–Kier alpha value is -3.62. The molecule has 0 spiro atoms. The van der Waals surface area contributed by atoms with Crippen molar-refractivity contribution in [2.45, 2.75) is 136 Å². The highest BCUT2D eigenvalue weighted by Crippen LogP contribution is 2.42. The Morgan fingerprint density at radius 3 is 2.12 bits per heavy atom. The third kappa shape index (κ3) is 13.1. The van der Waals surface area contributed by atoms with Crippen molar-refractivity contribution in [2.24, 2.45) is 23.7 Å². The van der Waals surface area contributed by atoms with Gasteiger partial charge in [-0.1, -0.05) is 66.7 Å². The fraction of sp³-hybridized carbons (Fsp3) is 0.757. The predicted molar refractivity (Wildman–Crippen MR) is 189 cm³/mol. The molecule has 1 aliphatic heterocycles. The SMILES string of the molecule is CC(C)C.CCC.O=C(CNC(=O)C1C2CCCC2CN1C(=O)CNC(=O)C(NC(c1cnccn1)C(F)(F)F)C1CCCCC1)C(=O)NC1CC1. The Bertz CT molecular complexity index is 1320. The summed E-state index contributed by atoms with van der Waals surface area (Å²) in [7, 11) is 0. The lowest BCUT2D eigenvalue weighted by Crippen LogP contribution is -2.56. The highest BCUT2D eigenvalue weighted by atomic mass is 19.4. The Morgan fingerprint density at radius 1 is 0.885 bits per heavy atom. The molecule has 1 aromatic heterocycles. The van der Waals surface area contributed by atoms with Gasteiger partial charge in [-0.2, -0.15) is 13.2 Å². The van der Waals surface area contributed by atoms with Gasteiger partial charge < -0.3 is 20.9 Å². The summed E-state index contributed by atoms with van der Waals surface area (Å²) in [6.45, 7) is 10.0. The molecule has 3 aliphatic carbocycles. The Labute approximate surface area is 305 Å². The van der Waals surface area contributed by atoms with Crippen molar-refractivity contribution in [2.75, 3.05) is 19.6 Å². The minimum absolute atomic E-state index is 0.00572. The number of carbonyl (C=O) groups is 5. The molecule has 5 rings (SSSR count). The lowest BCUT2D eigenvalue weighted by atomic mass is 9.83. The third-order valence-corrected chi connectivity index (χ3v) is 9.44. The van der Waals surface area contributed by atoms with E-state index in [9.17, 15) is 37.1 Å². The standard InChI is InChI=1S/C30H40F3N7O5.C4H10.C3H8/c31-30(32,33)26(21-13-34-11-12-35-21)39-24(17-5-2-1-3-6-17)28(44)37-15-23(42)40-16-18-7-4-8-20(18)25(40)29(45)36-14-22(41)27(43)38-19-9-10-19;1-4(2)3;1-3-2/h11-13,17-20,24-26,39H,1-10,14-16H2,(H,36,45)(H,37,44)(H,38,43);4H,1-3H3;3H2,1-2H3. The van der Waals surface area contributed by atoms with Gasteiger partial charge in [0.25, 0.3) is 5.91 Å². The monoisotopic (exact) mass is 737 g/mol. The maximum absolute atomic E-state index is 14.2. The van der Waals surface area contributed by atoms with Crippen LogP contribution in [-0.4, -0.2) is 88.2 Å². The van der Waals surface area contributed by atoms with Crippen molar-refractivity contribution in [3.63, 3.8) is 0 Å². The van der Waals surface area contributed by atoms with Gasteiger partial charge in [0.15, 0.2) is 0 Å². The smallest absolute Gasteiger partial charge is 0.347 e. The second kappa shape index (κ2) is 20.6. The minimum atomic E-state index is -4.76. The molecule has 1 saturated heterocycles. The number of nitrogens with one attached hydrogen (secondary N) is 4. The molecule has 15 heteroatoms. The number of fused-ring (bicyclic) bond motifs is 1. The van der Waals surface area contributed by atoms with E-state index in [1.165, 1.54) is 17.5 Å². The molecule has 4 N–H and O–H groups in total. The molecule has 4 amide bonds. The number of amides is 4. The normalized spacial score (nSPS) is 22.5. The highest BCUT2D eigenvalue weighted by Gasteiger charge is 2.50. The summed E-state index contributed by atoms with van der Waals surface area (Å²) in [5.41, 5.74) is -0.365. The third-order valence-electron chi connectivity index (χ3n) is 9.44. The van der Waals surface area contributed by atoms with Crippen molar-refractivity contribution in [3.05, 3.63) is 24.3 Å². The number of Topliss-reactive ketones (excluding diaryl/α,β-unsaturated/α-hetero) is 1. The molecule has 0 radical (unpaired) electrons. The van der Waals surface area contributed by atoms with Crippen LogP contribution in [0.3, 0.4) is 0 Å². The molecule has 292 valence electrons. The number of hydrogen-bond donors (Lipinski definition) is 4. The predicted octanol–water partition coefficient (Wildman–Crippen LogP) is 4.40. The molecule has 5 unspecified atom stereocenters. The quantitative estimate of drug-likeness (QED) is 0.230. The number of likely N-dealkylation sites (tertiary alicyclic amines) is 1. The van der Waals surface area contributed by atoms with Gasteiger partial charge in [-0.25, -0.2) is 0 Å². The van der Waals surface area contributed by atoms with Crippen molar-refractivity contribution in [3.8, 4) is 0 Å². The molecule has 3 saturated carbocycles. The number of nitrogens with zero attached hydrogens (tertiary/aromatic N) is 3. The zero-order valence-corrected chi connectivity index (χ0v) is 31.3. The van der Waals surface area contributed by atoms with Crippen LogP contribution in [0.4, 0.5) is 13.2 Å². The van der Waals surface area contributed by atoms with Crippen LogP contribution < -0.4 is 21.3 Å².